The Balaban J connectivity index is 1.49. The molecule has 0 saturated heterocycles. The lowest BCUT2D eigenvalue weighted by Crippen LogP contribution is -2.40. The predicted octanol–water partition coefficient (Wildman–Crippen LogP) is 6.60. The molecule has 5 nitrogen and oxygen atoms in total. The summed E-state index contributed by atoms with van der Waals surface area (Å²) in [6, 6.07) is 6.96. The molecule has 1 saturated carbocycles. The molecule has 0 atom stereocenters. The Labute approximate surface area is 190 Å². The van der Waals surface area contributed by atoms with Crippen molar-refractivity contribution in [2.75, 3.05) is 5.32 Å². The molecule has 0 bridgehead atoms. The van der Waals surface area contributed by atoms with Gasteiger partial charge in [0.05, 0.1) is 38.2 Å². The molecule has 0 aliphatic heterocycles. The second-order valence-electron chi connectivity index (χ2n) is 7.72. The third-order valence-electron chi connectivity index (χ3n) is 5.55. The molecule has 1 amide bonds. The van der Waals surface area contributed by atoms with Gasteiger partial charge in [-0.3, -0.25) is 4.79 Å². The lowest BCUT2D eigenvalue weighted by atomic mass is 9.85. The molecule has 1 aromatic heterocycles. The van der Waals surface area contributed by atoms with Gasteiger partial charge in [0.15, 0.2) is 0 Å². The number of carbonyl (C=O) groups excluding carboxylic acids is 1. The molecule has 11 heteroatoms. The predicted molar refractivity (Wildman–Crippen MR) is 115 cm³/mol. The number of benzene rings is 2. The summed E-state index contributed by atoms with van der Waals surface area (Å²) in [7, 11) is 0. The number of hydrogen-bond donors (Lipinski definition) is 3. The van der Waals surface area contributed by atoms with Gasteiger partial charge < -0.3 is 15.6 Å². The Hall–Kier alpha value is -2.52. The minimum absolute atomic E-state index is 0.0606. The van der Waals surface area contributed by atoms with E-state index in [0.717, 1.165) is 6.07 Å². The van der Waals surface area contributed by atoms with Gasteiger partial charge in [0.25, 0.3) is 5.91 Å². The maximum atomic E-state index is 14.6. The van der Waals surface area contributed by atoms with Gasteiger partial charge in [0.2, 0.25) is 5.95 Å². The number of hydrogen-bond acceptors (Lipinski definition) is 3. The number of H-pyrrole nitrogens is 1. The highest BCUT2D eigenvalue weighted by Gasteiger charge is 2.41. The number of para-hydroxylation sites is 1. The highest BCUT2D eigenvalue weighted by atomic mass is 35.5. The van der Waals surface area contributed by atoms with Gasteiger partial charge in [-0.05, 0) is 43.9 Å². The maximum Gasteiger partial charge on any atom is 0.391 e. The third kappa shape index (κ3) is 4.78. The van der Waals surface area contributed by atoms with E-state index in [2.05, 4.69) is 20.6 Å². The molecule has 0 unspecified atom stereocenters. The van der Waals surface area contributed by atoms with E-state index in [-0.39, 0.29) is 37.2 Å². The molecule has 0 radical (unpaired) electrons. The van der Waals surface area contributed by atoms with Crippen LogP contribution in [0.4, 0.5) is 29.2 Å². The van der Waals surface area contributed by atoms with E-state index >= 15 is 0 Å². The number of halogens is 6. The van der Waals surface area contributed by atoms with Gasteiger partial charge in [0.1, 0.15) is 5.82 Å². The minimum Gasteiger partial charge on any atom is -0.349 e. The summed E-state index contributed by atoms with van der Waals surface area (Å²) in [4.78, 5) is 19.8. The van der Waals surface area contributed by atoms with E-state index < -0.39 is 29.9 Å². The number of alkyl halides is 3. The average molecular weight is 489 g/mol. The van der Waals surface area contributed by atoms with E-state index in [4.69, 9.17) is 23.2 Å². The van der Waals surface area contributed by atoms with Crippen molar-refractivity contribution < 1.29 is 22.4 Å². The van der Waals surface area contributed by atoms with Crippen LogP contribution >= 0.6 is 23.2 Å². The number of carbonyl (C=O) groups is 1. The molecule has 3 N–H and O–H groups in total. The van der Waals surface area contributed by atoms with E-state index in [9.17, 15) is 22.4 Å². The number of nitrogens with zero attached hydrogens (tertiary/aromatic N) is 1. The zero-order valence-corrected chi connectivity index (χ0v) is 18.0. The lowest BCUT2D eigenvalue weighted by molar-refractivity contribution is -0.182. The summed E-state index contributed by atoms with van der Waals surface area (Å²) >= 11 is 12.3. The monoisotopic (exact) mass is 488 g/mol. The second-order valence-corrected chi connectivity index (χ2v) is 8.53. The number of aromatic nitrogens is 2. The van der Waals surface area contributed by atoms with Crippen molar-refractivity contribution in [1.82, 2.24) is 15.3 Å². The average Bonchev–Trinajstić information content (AvgIpc) is 3.11. The van der Waals surface area contributed by atoms with Crippen molar-refractivity contribution in [1.29, 1.82) is 0 Å². The Morgan fingerprint density at radius 2 is 1.75 bits per heavy atom. The number of nitrogens with one attached hydrogen (secondary N) is 3. The van der Waals surface area contributed by atoms with E-state index in [0.29, 0.717) is 26.8 Å². The maximum absolute atomic E-state index is 14.6. The highest BCUT2D eigenvalue weighted by Crippen LogP contribution is 2.37. The Bertz CT molecular complexity index is 1140. The number of anilines is 2. The number of amides is 1. The van der Waals surface area contributed by atoms with Crippen LogP contribution < -0.4 is 10.6 Å². The summed E-state index contributed by atoms with van der Waals surface area (Å²) in [5.41, 5.74) is 0.852. The number of fused-ring (bicyclic) bond motifs is 1. The van der Waals surface area contributed by atoms with Crippen LogP contribution in [0.2, 0.25) is 10.0 Å². The highest BCUT2D eigenvalue weighted by molar-refractivity contribution is 6.39. The minimum atomic E-state index is -4.23. The van der Waals surface area contributed by atoms with Crippen molar-refractivity contribution >= 4 is 51.8 Å². The Morgan fingerprint density at radius 1 is 1.09 bits per heavy atom. The zero-order chi connectivity index (χ0) is 23.0. The molecule has 1 aliphatic rings. The summed E-state index contributed by atoms with van der Waals surface area (Å²) < 4.78 is 53.0. The van der Waals surface area contributed by atoms with E-state index in [1.54, 1.807) is 18.2 Å². The molecule has 4 rings (SSSR count). The fraction of sp³-hybridized carbons (Fsp3) is 0.333. The zero-order valence-electron chi connectivity index (χ0n) is 16.5. The van der Waals surface area contributed by atoms with E-state index in [1.165, 1.54) is 6.07 Å². The van der Waals surface area contributed by atoms with Gasteiger partial charge >= 0.3 is 6.18 Å². The first-order valence-corrected chi connectivity index (χ1v) is 10.7. The molecule has 1 fully saturated rings. The van der Waals surface area contributed by atoms with Crippen LogP contribution in [-0.4, -0.2) is 28.1 Å². The van der Waals surface area contributed by atoms with Crippen LogP contribution in [0.1, 0.15) is 36.0 Å². The quantitative estimate of drug-likeness (QED) is 0.362. The summed E-state index contributed by atoms with van der Waals surface area (Å²) in [5.74, 6) is -2.57. The molecule has 1 aliphatic carbocycles. The smallest absolute Gasteiger partial charge is 0.349 e. The van der Waals surface area contributed by atoms with Crippen molar-refractivity contribution in [3.05, 3.63) is 51.8 Å². The van der Waals surface area contributed by atoms with Gasteiger partial charge in [-0.25, -0.2) is 9.37 Å². The van der Waals surface area contributed by atoms with Crippen molar-refractivity contribution in [3.8, 4) is 0 Å². The SMILES string of the molecule is O=C(N[C@H]1CC[C@@H](C(F)(F)F)CC1)c1cc2nc(Nc3c(Cl)cccc3Cl)[nH]c2cc1F. The number of rotatable bonds is 4. The van der Waals surface area contributed by atoms with Gasteiger partial charge in [-0.2, -0.15) is 13.2 Å². The van der Waals surface area contributed by atoms with Crippen LogP contribution in [0.5, 0.6) is 0 Å². The van der Waals surface area contributed by atoms with Crippen molar-refractivity contribution in [2.45, 2.75) is 37.9 Å². The van der Waals surface area contributed by atoms with E-state index in [1.807, 2.05) is 0 Å². The van der Waals surface area contributed by atoms with Crippen LogP contribution in [-0.2, 0) is 0 Å². The number of aromatic amines is 1. The fourth-order valence-electron chi connectivity index (χ4n) is 3.83. The van der Waals surface area contributed by atoms with Crippen molar-refractivity contribution in [2.24, 2.45) is 5.92 Å². The van der Waals surface area contributed by atoms with Crippen LogP contribution in [0.3, 0.4) is 0 Å². The Morgan fingerprint density at radius 3 is 2.38 bits per heavy atom. The largest absolute Gasteiger partial charge is 0.391 e. The molecule has 170 valence electrons. The molecule has 32 heavy (non-hydrogen) atoms. The lowest BCUT2D eigenvalue weighted by Gasteiger charge is -2.30. The van der Waals surface area contributed by atoms with Gasteiger partial charge in [0, 0.05) is 12.1 Å². The summed E-state index contributed by atoms with van der Waals surface area (Å²) in [6.45, 7) is 0. The Kier molecular flexibility index (Phi) is 6.22. The molecule has 3 aromatic rings. The molecule has 0 spiro atoms. The van der Waals surface area contributed by atoms with Crippen LogP contribution in [0.25, 0.3) is 11.0 Å². The normalized spacial score (nSPS) is 19.2. The first-order chi connectivity index (χ1) is 15.1. The standard InChI is InChI=1S/C21H18Cl2F4N4O/c22-13-2-1-3-14(23)18(13)31-20-29-16-8-12(15(24)9-17(16)30-20)19(32)28-11-6-4-10(5-7-11)21(25,26)27/h1-3,8-11H,4-7H2,(H,28,32)(H2,29,30,31)/t10-,11+. The third-order valence-corrected chi connectivity index (χ3v) is 6.18. The van der Waals surface area contributed by atoms with Gasteiger partial charge in [-0.1, -0.05) is 29.3 Å². The van der Waals surface area contributed by atoms with Crippen LogP contribution in [0, 0.1) is 11.7 Å². The molecular formula is C21H18Cl2F4N4O. The summed E-state index contributed by atoms with van der Waals surface area (Å²) in [5, 5.41) is 6.30. The topological polar surface area (TPSA) is 69.8 Å². The second kappa shape index (κ2) is 8.78. The fourth-order valence-corrected chi connectivity index (χ4v) is 4.32. The molecule has 1 heterocycles. The molecule has 2 aromatic carbocycles. The van der Waals surface area contributed by atoms with Crippen molar-refractivity contribution in [3.63, 3.8) is 0 Å². The van der Waals surface area contributed by atoms with Gasteiger partial charge in [-0.15, -0.1) is 0 Å². The first-order valence-electron chi connectivity index (χ1n) is 9.89. The summed E-state index contributed by atoms with van der Waals surface area (Å²) in [6.07, 6.45) is -3.97. The first kappa shape index (κ1) is 22.7. The number of imidazole rings is 1. The molecular weight excluding hydrogens is 471 g/mol. The van der Waals surface area contributed by atoms with Crippen LogP contribution in [0.15, 0.2) is 30.3 Å².